The van der Waals surface area contributed by atoms with Gasteiger partial charge in [-0.15, -0.1) is 0 Å². The monoisotopic (exact) mass is 253 g/mol. The minimum atomic E-state index is 0.0919. The summed E-state index contributed by atoms with van der Waals surface area (Å²) >= 11 is 0. The van der Waals surface area contributed by atoms with Gasteiger partial charge in [-0.1, -0.05) is 6.07 Å². The first-order valence-electron chi connectivity index (χ1n) is 6.22. The Kier molecular flexibility index (Phi) is 2.87. The number of aryl methyl sites for hydroxylation is 1. The standard InChI is InChI=1S/C14H15N5/c1-9-14(16-7-6-15-9)10(2)18-12-4-3-5-13-11(12)8-17-19-13/h3-8,10,18H,1-2H3,(H,17,19). The lowest BCUT2D eigenvalue weighted by Crippen LogP contribution is -2.11. The van der Waals surface area contributed by atoms with E-state index in [2.05, 4.69) is 32.4 Å². The van der Waals surface area contributed by atoms with Crippen molar-refractivity contribution in [1.29, 1.82) is 0 Å². The van der Waals surface area contributed by atoms with E-state index in [1.54, 1.807) is 12.4 Å². The van der Waals surface area contributed by atoms with Crippen molar-refractivity contribution in [2.75, 3.05) is 5.32 Å². The first kappa shape index (κ1) is 11.6. The Hall–Kier alpha value is -2.43. The van der Waals surface area contributed by atoms with Crippen molar-refractivity contribution in [2.45, 2.75) is 19.9 Å². The highest BCUT2D eigenvalue weighted by atomic mass is 15.1. The summed E-state index contributed by atoms with van der Waals surface area (Å²) in [6.07, 6.45) is 5.26. The fourth-order valence-electron chi connectivity index (χ4n) is 2.24. The van der Waals surface area contributed by atoms with E-state index in [9.17, 15) is 0 Å². The summed E-state index contributed by atoms with van der Waals surface area (Å²) in [5, 5.41) is 11.6. The van der Waals surface area contributed by atoms with Crippen LogP contribution < -0.4 is 5.32 Å². The van der Waals surface area contributed by atoms with Crippen LogP contribution in [0.1, 0.15) is 24.4 Å². The fourth-order valence-corrected chi connectivity index (χ4v) is 2.24. The second-order valence-corrected chi connectivity index (χ2v) is 4.53. The Balaban J connectivity index is 1.93. The van der Waals surface area contributed by atoms with Gasteiger partial charge in [-0.2, -0.15) is 5.10 Å². The van der Waals surface area contributed by atoms with Gasteiger partial charge in [0.2, 0.25) is 0 Å². The molecule has 0 saturated carbocycles. The summed E-state index contributed by atoms with van der Waals surface area (Å²) in [5.41, 5.74) is 3.97. The molecule has 0 aliphatic heterocycles. The van der Waals surface area contributed by atoms with Crippen molar-refractivity contribution in [3.05, 3.63) is 48.2 Å². The number of hydrogen-bond acceptors (Lipinski definition) is 4. The molecule has 5 nitrogen and oxygen atoms in total. The van der Waals surface area contributed by atoms with Crippen LogP contribution in [-0.2, 0) is 0 Å². The molecule has 0 radical (unpaired) electrons. The maximum absolute atomic E-state index is 4.39. The van der Waals surface area contributed by atoms with E-state index in [0.29, 0.717) is 0 Å². The van der Waals surface area contributed by atoms with Crippen molar-refractivity contribution in [1.82, 2.24) is 20.2 Å². The molecule has 3 rings (SSSR count). The van der Waals surface area contributed by atoms with Crippen LogP contribution in [0.5, 0.6) is 0 Å². The number of nitrogens with zero attached hydrogens (tertiary/aromatic N) is 3. The molecule has 0 fully saturated rings. The Labute approximate surface area is 111 Å². The van der Waals surface area contributed by atoms with Crippen molar-refractivity contribution in [3.8, 4) is 0 Å². The number of aromatic nitrogens is 4. The summed E-state index contributed by atoms with van der Waals surface area (Å²) in [4.78, 5) is 8.67. The van der Waals surface area contributed by atoms with Crippen molar-refractivity contribution in [2.24, 2.45) is 0 Å². The van der Waals surface area contributed by atoms with Gasteiger partial charge >= 0.3 is 0 Å². The van der Waals surface area contributed by atoms with E-state index in [0.717, 1.165) is 28.0 Å². The lowest BCUT2D eigenvalue weighted by Gasteiger charge is -2.16. The van der Waals surface area contributed by atoms with Crippen LogP contribution in [0.15, 0.2) is 36.8 Å². The average Bonchev–Trinajstić information content (AvgIpc) is 2.88. The third kappa shape index (κ3) is 2.14. The van der Waals surface area contributed by atoms with Gasteiger partial charge in [-0.3, -0.25) is 15.1 Å². The summed E-state index contributed by atoms with van der Waals surface area (Å²) < 4.78 is 0. The molecular weight excluding hydrogens is 238 g/mol. The van der Waals surface area contributed by atoms with Gasteiger partial charge in [0.15, 0.2) is 0 Å². The number of fused-ring (bicyclic) bond motifs is 1. The normalized spacial score (nSPS) is 12.5. The van der Waals surface area contributed by atoms with E-state index in [1.165, 1.54) is 0 Å². The fraction of sp³-hybridized carbons (Fsp3) is 0.214. The number of aromatic amines is 1. The van der Waals surface area contributed by atoms with E-state index in [-0.39, 0.29) is 6.04 Å². The maximum Gasteiger partial charge on any atom is 0.0835 e. The number of hydrogen-bond donors (Lipinski definition) is 2. The molecule has 96 valence electrons. The Bertz CT molecular complexity index is 704. The zero-order valence-electron chi connectivity index (χ0n) is 10.9. The Morgan fingerprint density at radius 2 is 2.05 bits per heavy atom. The molecule has 1 atom stereocenters. The molecule has 0 amide bonds. The van der Waals surface area contributed by atoms with E-state index < -0.39 is 0 Å². The van der Waals surface area contributed by atoms with E-state index >= 15 is 0 Å². The van der Waals surface area contributed by atoms with Crippen molar-refractivity contribution < 1.29 is 0 Å². The van der Waals surface area contributed by atoms with Crippen LogP contribution in [0.25, 0.3) is 10.9 Å². The van der Waals surface area contributed by atoms with Gasteiger partial charge in [-0.05, 0) is 26.0 Å². The third-order valence-electron chi connectivity index (χ3n) is 3.19. The van der Waals surface area contributed by atoms with Gasteiger partial charge in [-0.25, -0.2) is 0 Å². The molecular formula is C14H15N5. The Morgan fingerprint density at radius 1 is 1.21 bits per heavy atom. The van der Waals surface area contributed by atoms with Crippen LogP contribution >= 0.6 is 0 Å². The summed E-state index contributed by atoms with van der Waals surface area (Å²) in [6, 6.07) is 6.14. The lowest BCUT2D eigenvalue weighted by atomic mass is 10.1. The first-order chi connectivity index (χ1) is 9.25. The number of benzene rings is 1. The molecule has 1 aromatic carbocycles. The number of H-pyrrole nitrogens is 1. The maximum atomic E-state index is 4.39. The molecule has 3 aromatic rings. The number of rotatable bonds is 3. The van der Waals surface area contributed by atoms with E-state index in [1.807, 2.05) is 31.3 Å². The second kappa shape index (κ2) is 4.68. The van der Waals surface area contributed by atoms with Crippen LogP contribution in [0, 0.1) is 6.92 Å². The highest BCUT2D eigenvalue weighted by Gasteiger charge is 2.12. The molecule has 2 aromatic heterocycles. The van der Waals surface area contributed by atoms with Gasteiger partial charge in [0, 0.05) is 23.5 Å². The molecule has 0 spiro atoms. The molecule has 0 aliphatic rings. The first-order valence-corrected chi connectivity index (χ1v) is 6.22. The highest BCUT2D eigenvalue weighted by Crippen LogP contribution is 2.25. The highest BCUT2D eigenvalue weighted by molar-refractivity contribution is 5.90. The van der Waals surface area contributed by atoms with Crippen molar-refractivity contribution >= 4 is 16.6 Å². The van der Waals surface area contributed by atoms with Crippen LogP contribution in [0.4, 0.5) is 5.69 Å². The van der Waals surface area contributed by atoms with E-state index in [4.69, 9.17) is 0 Å². The minimum Gasteiger partial charge on any atom is -0.376 e. The molecule has 2 N–H and O–H groups in total. The second-order valence-electron chi connectivity index (χ2n) is 4.53. The van der Waals surface area contributed by atoms with Crippen LogP contribution in [-0.4, -0.2) is 20.2 Å². The molecule has 5 heteroatoms. The molecule has 1 unspecified atom stereocenters. The summed E-state index contributed by atoms with van der Waals surface area (Å²) in [5.74, 6) is 0. The zero-order chi connectivity index (χ0) is 13.2. The topological polar surface area (TPSA) is 66.5 Å². The average molecular weight is 253 g/mol. The SMILES string of the molecule is Cc1nccnc1C(C)Nc1cccc2[nH]ncc12. The van der Waals surface area contributed by atoms with Crippen molar-refractivity contribution in [3.63, 3.8) is 0 Å². The van der Waals surface area contributed by atoms with Gasteiger partial charge in [0.05, 0.1) is 29.1 Å². The quantitative estimate of drug-likeness (QED) is 0.753. The molecule has 0 bridgehead atoms. The molecule has 0 saturated heterocycles. The predicted molar refractivity (Wildman–Crippen MR) is 74.9 cm³/mol. The van der Waals surface area contributed by atoms with Gasteiger partial charge < -0.3 is 5.32 Å². The van der Waals surface area contributed by atoms with Crippen LogP contribution in [0.3, 0.4) is 0 Å². The third-order valence-corrected chi connectivity index (χ3v) is 3.19. The molecule has 19 heavy (non-hydrogen) atoms. The number of anilines is 1. The zero-order valence-corrected chi connectivity index (χ0v) is 10.9. The molecule has 0 aliphatic carbocycles. The van der Waals surface area contributed by atoms with Crippen LogP contribution in [0.2, 0.25) is 0 Å². The minimum absolute atomic E-state index is 0.0919. The Morgan fingerprint density at radius 3 is 2.89 bits per heavy atom. The summed E-state index contributed by atoms with van der Waals surface area (Å²) in [7, 11) is 0. The van der Waals surface area contributed by atoms with Gasteiger partial charge in [0.1, 0.15) is 0 Å². The predicted octanol–water partition coefficient (Wildman–Crippen LogP) is 2.83. The molecule has 2 heterocycles. The number of nitrogens with one attached hydrogen (secondary N) is 2. The van der Waals surface area contributed by atoms with Gasteiger partial charge in [0.25, 0.3) is 0 Å². The lowest BCUT2D eigenvalue weighted by molar-refractivity contribution is 0.811. The smallest absolute Gasteiger partial charge is 0.0835 e. The summed E-state index contributed by atoms with van der Waals surface area (Å²) in [6.45, 7) is 4.05. The largest absolute Gasteiger partial charge is 0.376 e.